The molecule has 9 nitrogen and oxygen atoms in total. The van der Waals surface area contributed by atoms with Crippen LogP contribution >= 0.6 is 0 Å². The number of rotatable bonds is 5. The Balaban J connectivity index is 0.000000569. The molecule has 1 spiro atoms. The van der Waals surface area contributed by atoms with Crippen molar-refractivity contribution in [3.8, 4) is 0 Å². The SMILES string of the molecule is CC(C)(C)O.Cc1cccc(C(=N)c2cccc3nn(C)cc23)c1Nc1ccc(N2CC3(CN(C)C3)C2)nc1.O. The van der Waals surface area contributed by atoms with Gasteiger partial charge >= 0.3 is 0 Å². The number of aromatic nitrogens is 3. The zero-order chi connectivity index (χ0) is 27.9. The number of pyridine rings is 1. The van der Waals surface area contributed by atoms with Crippen molar-refractivity contribution >= 4 is 33.8 Å². The zero-order valence-electron chi connectivity index (χ0n) is 24.3. The average molecular weight is 544 g/mol. The third-order valence-corrected chi connectivity index (χ3v) is 7.08. The molecule has 0 aliphatic carbocycles. The highest BCUT2D eigenvalue weighted by atomic mass is 16.3. The minimum Gasteiger partial charge on any atom is -0.412 e. The molecule has 2 aliphatic rings. The second-order valence-corrected chi connectivity index (χ2v) is 12.1. The Morgan fingerprint density at radius 2 is 1.62 bits per heavy atom. The second-order valence-electron chi connectivity index (χ2n) is 12.1. The van der Waals surface area contributed by atoms with E-state index in [0.717, 1.165) is 57.9 Å². The summed E-state index contributed by atoms with van der Waals surface area (Å²) in [6.07, 6.45) is 3.88. The van der Waals surface area contributed by atoms with Crippen LogP contribution in [-0.2, 0) is 7.05 Å². The van der Waals surface area contributed by atoms with Crippen molar-refractivity contribution in [3.05, 3.63) is 77.6 Å². The van der Waals surface area contributed by atoms with Crippen LogP contribution in [0.1, 0.15) is 37.5 Å². The molecule has 0 bridgehead atoms. The van der Waals surface area contributed by atoms with Crippen molar-refractivity contribution in [2.75, 3.05) is 43.4 Å². The van der Waals surface area contributed by atoms with Crippen molar-refractivity contribution in [3.63, 3.8) is 0 Å². The third kappa shape index (κ3) is 6.17. The summed E-state index contributed by atoms with van der Waals surface area (Å²) in [4.78, 5) is 9.47. The van der Waals surface area contributed by atoms with Gasteiger partial charge in [0.15, 0.2) is 0 Å². The molecule has 0 saturated carbocycles. The number of nitrogens with one attached hydrogen (secondary N) is 2. The highest BCUT2D eigenvalue weighted by Crippen LogP contribution is 2.40. The van der Waals surface area contributed by atoms with Crippen molar-refractivity contribution in [2.24, 2.45) is 12.5 Å². The summed E-state index contributed by atoms with van der Waals surface area (Å²) in [5.41, 5.74) is 6.04. The molecule has 0 radical (unpaired) electrons. The predicted molar refractivity (Wildman–Crippen MR) is 163 cm³/mol. The van der Waals surface area contributed by atoms with Crippen LogP contribution in [0.3, 0.4) is 0 Å². The van der Waals surface area contributed by atoms with Gasteiger partial charge in [0.25, 0.3) is 0 Å². The largest absolute Gasteiger partial charge is 0.412 e. The molecule has 2 aliphatic heterocycles. The molecule has 2 fully saturated rings. The molecule has 0 amide bonds. The lowest BCUT2D eigenvalue weighted by Crippen LogP contribution is -2.71. The summed E-state index contributed by atoms with van der Waals surface area (Å²) in [5, 5.41) is 26.6. The molecule has 6 rings (SSSR count). The van der Waals surface area contributed by atoms with Crippen molar-refractivity contribution < 1.29 is 10.6 Å². The lowest BCUT2D eigenvalue weighted by atomic mass is 9.73. The zero-order valence-corrected chi connectivity index (χ0v) is 24.3. The number of para-hydroxylation sites is 1. The summed E-state index contributed by atoms with van der Waals surface area (Å²) in [6, 6.07) is 16.2. The fraction of sp³-hybridized carbons (Fsp3) is 0.387. The van der Waals surface area contributed by atoms with Crippen LogP contribution in [0.4, 0.5) is 17.2 Å². The molecule has 0 unspecified atom stereocenters. The fourth-order valence-electron chi connectivity index (χ4n) is 5.58. The summed E-state index contributed by atoms with van der Waals surface area (Å²) in [7, 11) is 4.09. The maximum absolute atomic E-state index is 9.06. The van der Waals surface area contributed by atoms with Crippen LogP contribution < -0.4 is 10.2 Å². The van der Waals surface area contributed by atoms with Crippen molar-refractivity contribution in [1.82, 2.24) is 19.7 Å². The number of hydrogen-bond acceptors (Lipinski definition) is 7. The third-order valence-electron chi connectivity index (χ3n) is 7.08. The molecule has 2 aromatic heterocycles. The lowest BCUT2D eigenvalue weighted by Gasteiger charge is -2.59. The van der Waals surface area contributed by atoms with E-state index in [-0.39, 0.29) is 5.48 Å². The first kappa shape index (κ1) is 29.2. The van der Waals surface area contributed by atoms with Gasteiger partial charge in [0.2, 0.25) is 0 Å². The smallest absolute Gasteiger partial charge is 0.128 e. The minimum absolute atomic E-state index is 0. The highest BCUT2D eigenvalue weighted by molar-refractivity contribution is 6.20. The number of likely N-dealkylation sites (tertiary alicyclic amines) is 1. The van der Waals surface area contributed by atoms with E-state index < -0.39 is 5.60 Å². The lowest BCUT2D eigenvalue weighted by molar-refractivity contribution is -0.00279. The number of benzene rings is 2. The standard InChI is InChI=1S/C27H29N7.C4H10O.H2O/c1-18-6-4-8-21(25(28)20-7-5-9-23-22(20)13-33(3)31-23)26(18)30-19-10-11-24(29-12-19)34-16-27(17-34)14-32(2)15-27;1-4(2,3)5;/h4-13,28,30H,14-17H2,1-3H3;5H,1-3H3;1H2. The summed E-state index contributed by atoms with van der Waals surface area (Å²) < 4.78 is 1.80. The average Bonchev–Trinajstić information content (AvgIpc) is 3.21. The van der Waals surface area contributed by atoms with Gasteiger partial charge in [-0.05, 0) is 58.5 Å². The van der Waals surface area contributed by atoms with Gasteiger partial charge in [0.05, 0.1) is 34.4 Å². The highest BCUT2D eigenvalue weighted by Gasteiger charge is 2.50. The first-order valence-electron chi connectivity index (χ1n) is 13.4. The van der Waals surface area contributed by atoms with Crippen LogP contribution in [0.15, 0.2) is 60.9 Å². The van der Waals surface area contributed by atoms with Crippen LogP contribution in [0.25, 0.3) is 10.9 Å². The van der Waals surface area contributed by atoms with E-state index in [0.29, 0.717) is 11.1 Å². The maximum atomic E-state index is 9.06. The molecule has 40 heavy (non-hydrogen) atoms. The molecular formula is C31H41N7O2. The van der Waals surface area contributed by atoms with Gasteiger partial charge in [-0.1, -0.05) is 30.3 Å². The Bertz CT molecular complexity index is 1480. The first-order valence-corrected chi connectivity index (χ1v) is 13.4. The van der Waals surface area contributed by atoms with Gasteiger partial charge in [-0.25, -0.2) is 4.98 Å². The number of anilines is 3. The van der Waals surface area contributed by atoms with Gasteiger partial charge in [-0.15, -0.1) is 0 Å². The van der Waals surface area contributed by atoms with Gasteiger partial charge in [0.1, 0.15) is 5.82 Å². The number of aliphatic hydroxyl groups is 1. The topological polar surface area (TPSA) is 125 Å². The molecule has 4 aromatic rings. The van der Waals surface area contributed by atoms with Crippen molar-refractivity contribution in [1.29, 1.82) is 5.41 Å². The molecular weight excluding hydrogens is 502 g/mol. The van der Waals surface area contributed by atoms with E-state index in [1.54, 1.807) is 25.5 Å². The molecule has 2 aromatic carbocycles. The van der Waals surface area contributed by atoms with E-state index >= 15 is 0 Å². The summed E-state index contributed by atoms with van der Waals surface area (Å²) in [6.45, 7) is 11.9. The predicted octanol–water partition coefficient (Wildman–Crippen LogP) is 4.14. The van der Waals surface area contributed by atoms with Crippen molar-refractivity contribution in [2.45, 2.75) is 33.3 Å². The fourth-order valence-corrected chi connectivity index (χ4v) is 5.58. The van der Waals surface area contributed by atoms with Gasteiger partial charge in [0, 0.05) is 61.4 Å². The van der Waals surface area contributed by atoms with E-state index in [1.165, 1.54) is 13.1 Å². The van der Waals surface area contributed by atoms with Crippen LogP contribution in [-0.4, -0.2) is 74.8 Å². The normalized spacial score (nSPS) is 15.9. The number of hydrogen-bond donors (Lipinski definition) is 3. The second kappa shape index (κ2) is 11.0. The van der Waals surface area contributed by atoms with Gasteiger partial charge < -0.3 is 25.7 Å². The molecule has 0 atom stereocenters. The van der Waals surface area contributed by atoms with Gasteiger partial charge in [-0.2, -0.15) is 5.10 Å². The van der Waals surface area contributed by atoms with E-state index in [9.17, 15) is 0 Å². The van der Waals surface area contributed by atoms with Gasteiger partial charge in [-0.3, -0.25) is 10.1 Å². The Morgan fingerprint density at radius 1 is 0.975 bits per heavy atom. The quantitative estimate of drug-likeness (QED) is 0.325. The van der Waals surface area contributed by atoms with E-state index in [2.05, 4.69) is 52.4 Å². The molecule has 5 N–H and O–H groups in total. The molecule has 212 valence electrons. The van der Waals surface area contributed by atoms with E-state index in [4.69, 9.17) is 15.5 Å². The van der Waals surface area contributed by atoms with Crippen LogP contribution in [0.2, 0.25) is 0 Å². The number of aryl methyl sites for hydroxylation is 2. The monoisotopic (exact) mass is 543 g/mol. The Morgan fingerprint density at radius 3 is 2.25 bits per heavy atom. The van der Waals surface area contributed by atoms with E-state index in [1.807, 2.05) is 49.8 Å². The summed E-state index contributed by atoms with van der Waals surface area (Å²) in [5.74, 6) is 1.03. The Hall–Kier alpha value is -3.79. The molecule has 4 heterocycles. The Labute approximate surface area is 236 Å². The molecule has 2 saturated heterocycles. The van der Waals surface area contributed by atoms with Crippen LogP contribution in [0.5, 0.6) is 0 Å². The first-order chi connectivity index (χ1) is 18.4. The number of nitrogens with zero attached hydrogens (tertiary/aromatic N) is 5. The summed E-state index contributed by atoms with van der Waals surface area (Å²) >= 11 is 0. The minimum atomic E-state index is -0.500. The Kier molecular flexibility index (Phi) is 8.03. The van der Waals surface area contributed by atoms with Crippen LogP contribution in [0, 0.1) is 17.7 Å². The maximum Gasteiger partial charge on any atom is 0.128 e. The number of fused-ring (bicyclic) bond motifs is 1. The molecule has 9 heteroatoms.